The van der Waals surface area contributed by atoms with Gasteiger partial charge in [-0.3, -0.25) is 14.5 Å². The van der Waals surface area contributed by atoms with Crippen molar-refractivity contribution in [3.05, 3.63) is 31.2 Å². The van der Waals surface area contributed by atoms with Crippen molar-refractivity contribution in [2.45, 2.75) is 18.9 Å². The van der Waals surface area contributed by atoms with E-state index in [1.54, 1.807) is 0 Å². The first-order valence-corrected chi connectivity index (χ1v) is 7.75. The van der Waals surface area contributed by atoms with Gasteiger partial charge in [0.05, 0.1) is 43.2 Å². The van der Waals surface area contributed by atoms with Gasteiger partial charge in [0.25, 0.3) is 11.8 Å². The fourth-order valence-corrected chi connectivity index (χ4v) is 3.27. The fraction of sp³-hybridized carbons (Fsp3) is 0.231. The second-order valence-electron chi connectivity index (χ2n) is 4.73. The Morgan fingerprint density at radius 3 is 1.62 bits per heavy atom. The number of carbonyl (C=O) groups is 4. The zero-order valence-electron chi connectivity index (χ0n) is 11.4. The van der Waals surface area contributed by atoms with Crippen molar-refractivity contribution in [1.29, 1.82) is 0 Å². The maximum absolute atomic E-state index is 12.4. The molecule has 0 saturated carbocycles. The zero-order chi connectivity index (χ0) is 18.3. The van der Waals surface area contributed by atoms with E-state index in [0.29, 0.717) is 4.90 Å². The summed E-state index contributed by atoms with van der Waals surface area (Å²) in [5, 5.41) is 20.5. The number of carboxylic acids is 2. The van der Waals surface area contributed by atoms with Crippen LogP contribution >= 0.6 is 46.4 Å². The molecule has 1 aliphatic heterocycles. The number of hydrogen-bond acceptors (Lipinski definition) is 6. The van der Waals surface area contributed by atoms with Crippen molar-refractivity contribution in [2.24, 2.45) is 0 Å². The zero-order valence-corrected chi connectivity index (χ0v) is 14.4. The van der Waals surface area contributed by atoms with Crippen LogP contribution < -0.4 is 10.2 Å². The molecule has 0 bridgehead atoms. The van der Waals surface area contributed by atoms with Crippen molar-refractivity contribution in [3.8, 4) is 0 Å². The number of aliphatic carboxylic acids is 2. The fourth-order valence-electron chi connectivity index (χ4n) is 2.26. The maximum Gasteiger partial charge on any atom is 0.263 e. The first kappa shape index (κ1) is 18.8. The number of rotatable bonds is 5. The Morgan fingerprint density at radius 1 is 0.875 bits per heavy atom. The molecule has 1 aromatic carbocycles. The van der Waals surface area contributed by atoms with Gasteiger partial charge in [-0.2, -0.15) is 0 Å². The molecular formula is C13H5Cl4NO6-2. The van der Waals surface area contributed by atoms with E-state index in [9.17, 15) is 29.4 Å². The molecule has 0 aliphatic carbocycles. The van der Waals surface area contributed by atoms with Gasteiger partial charge in [-0.15, -0.1) is 0 Å². The third-order valence-electron chi connectivity index (χ3n) is 3.34. The highest BCUT2D eigenvalue weighted by molar-refractivity contribution is 6.55. The average molecular weight is 413 g/mol. The van der Waals surface area contributed by atoms with Gasteiger partial charge in [0.1, 0.15) is 0 Å². The third kappa shape index (κ3) is 2.93. The smallest absolute Gasteiger partial charge is 0.263 e. The van der Waals surface area contributed by atoms with Crippen LogP contribution in [0.25, 0.3) is 0 Å². The molecule has 2 amide bonds. The molecule has 0 N–H and O–H groups in total. The minimum Gasteiger partial charge on any atom is -0.550 e. The molecule has 2 rings (SSSR count). The first-order valence-electron chi connectivity index (χ1n) is 6.24. The van der Waals surface area contributed by atoms with Gasteiger partial charge >= 0.3 is 0 Å². The summed E-state index contributed by atoms with van der Waals surface area (Å²) in [6, 6.07) is -1.85. The lowest BCUT2D eigenvalue weighted by molar-refractivity contribution is -0.311. The van der Waals surface area contributed by atoms with E-state index in [1.165, 1.54) is 0 Å². The lowest BCUT2D eigenvalue weighted by Gasteiger charge is -2.27. The summed E-state index contributed by atoms with van der Waals surface area (Å²) in [5.41, 5.74) is -0.804. The molecule has 7 nitrogen and oxygen atoms in total. The number of hydrogen-bond donors (Lipinski definition) is 0. The molecule has 1 aromatic rings. The van der Waals surface area contributed by atoms with Crippen LogP contribution in [0.2, 0.25) is 20.1 Å². The van der Waals surface area contributed by atoms with E-state index < -0.39 is 53.8 Å². The summed E-state index contributed by atoms with van der Waals surface area (Å²) in [5.74, 6) is -5.56. The summed E-state index contributed by atoms with van der Waals surface area (Å²) in [6.45, 7) is 0. The second kappa shape index (κ2) is 6.76. The van der Waals surface area contributed by atoms with Crippen molar-refractivity contribution >= 4 is 70.2 Å². The van der Waals surface area contributed by atoms with Crippen molar-refractivity contribution < 1.29 is 29.4 Å². The Morgan fingerprint density at radius 2 is 1.29 bits per heavy atom. The second-order valence-corrected chi connectivity index (χ2v) is 6.24. The lowest BCUT2D eigenvalue weighted by atomic mass is 10.1. The molecule has 0 radical (unpaired) electrons. The highest BCUT2D eigenvalue weighted by Crippen LogP contribution is 2.45. The van der Waals surface area contributed by atoms with Crippen molar-refractivity contribution in [2.75, 3.05) is 0 Å². The molecular weight excluding hydrogens is 408 g/mol. The maximum atomic E-state index is 12.4. The van der Waals surface area contributed by atoms with E-state index in [2.05, 4.69) is 0 Å². The number of carbonyl (C=O) groups excluding carboxylic acids is 4. The van der Waals surface area contributed by atoms with Gasteiger partial charge in [-0.25, -0.2) is 0 Å². The number of benzene rings is 1. The van der Waals surface area contributed by atoms with Crippen molar-refractivity contribution in [1.82, 2.24) is 4.90 Å². The number of carboxylic acid groups (broad SMARTS) is 2. The van der Waals surface area contributed by atoms with Crippen LogP contribution in [-0.2, 0) is 9.59 Å². The average Bonchev–Trinajstić information content (AvgIpc) is 2.75. The summed E-state index contributed by atoms with van der Waals surface area (Å²) in [4.78, 5) is 47.0. The molecule has 0 spiro atoms. The van der Waals surface area contributed by atoms with E-state index in [1.807, 2.05) is 0 Å². The molecule has 0 aromatic heterocycles. The van der Waals surface area contributed by atoms with Gasteiger partial charge in [0.2, 0.25) is 0 Å². The summed E-state index contributed by atoms with van der Waals surface area (Å²) in [6.07, 6.45) is -1.32. The number of imide groups is 1. The van der Waals surface area contributed by atoms with E-state index >= 15 is 0 Å². The Labute approximate surface area is 154 Å². The number of nitrogens with zero attached hydrogens (tertiary/aromatic N) is 1. The Kier molecular flexibility index (Phi) is 5.29. The lowest BCUT2D eigenvalue weighted by Crippen LogP contribution is -2.51. The van der Waals surface area contributed by atoms with Crippen LogP contribution in [0, 0.1) is 0 Å². The van der Waals surface area contributed by atoms with Gasteiger partial charge < -0.3 is 19.8 Å². The van der Waals surface area contributed by atoms with E-state index in [4.69, 9.17) is 46.4 Å². The van der Waals surface area contributed by atoms with Crippen LogP contribution in [0.3, 0.4) is 0 Å². The van der Waals surface area contributed by atoms with Crippen LogP contribution in [0.1, 0.15) is 33.6 Å². The molecule has 11 heteroatoms. The van der Waals surface area contributed by atoms with Crippen LogP contribution in [-0.4, -0.2) is 34.7 Å². The Balaban J connectivity index is 2.57. The van der Waals surface area contributed by atoms with Gasteiger partial charge in [-0.05, 0) is 12.8 Å². The summed E-state index contributed by atoms with van der Waals surface area (Å²) >= 11 is 23.5. The number of fused-ring (bicyclic) bond motifs is 1. The molecule has 24 heavy (non-hydrogen) atoms. The monoisotopic (exact) mass is 411 g/mol. The highest BCUT2D eigenvalue weighted by Gasteiger charge is 2.44. The minimum atomic E-state index is -1.85. The Hall–Kier alpha value is -1.54. The van der Waals surface area contributed by atoms with Gasteiger partial charge in [0.15, 0.2) is 0 Å². The van der Waals surface area contributed by atoms with Crippen LogP contribution in [0.5, 0.6) is 0 Å². The largest absolute Gasteiger partial charge is 0.550 e. The van der Waals surface area contributed by atoms with Gasteiger partial charge in [-0.1, -0.05) is 46.4 Å². The third-order valence-corrected chi connectivity index (χ3v) is 5.14. The van der Waals surface area contributed by atoms with Gasteiger partial charge in [0, 0.05) is 5.97 Å². The SMILES string of the molecule is O=C([O-])CC[C@@H](C(=O)[O-])N1C(=O)c2c(Cl)c(Cl)c(Cl)c(Cl)c2C1=O. The molecule has 1 aliphatic rings. The predicted octanol–water partition coefficient (Wildman–Crippen LogP) is 0.545. The number of amides is 2. The summed E-state index contributed by atoms with van der Waals surface area (Å²) in [7, 11) is 0. The normalized spacial score (nSPS) is 14.8. The quantitative estimate of drug-likeness (QED) is 0.395. The molecule has 1 heterocycles. The molecule has 1 atom stereocenters. The Bertz CT molecular complexity index is 746. The first-order chi connectivity index (χ1) is 11.1. The van der Waals surface area contributed by atoms with Crippen molar-refractivity contribution in [3.63, 3.8) is 0 Å². The van der Waals surface area contributed by atoms with E-state index in [-0.39, 0.29) is 20.1 Å². The van der Waals surface area contributed by atoms with Crippen LogP contribution in [0.4, 0.5) is 0 Å². The summed E-state index contributed by atoms with van der Waals surface area (Å²) < 4.78 is 0. The predicted molar refractivity (Wildman–Crippen MR) is 80.0 cm³/mol. The molecule has 0 unspecified atom stereocenters. The molecule has 128 valence electrons. The minimum absolute atomic E-state index is 0.273. The van der Waals surface area contributed by atoms with E-state index in [0.717, 1.165) is 0 Å². The molecule has 0 fully saturated rings. The topological polar surface area (TPSA) is 118 Å². The standard InChI is InChI=1S/C13H7Cl4NO6/c14-7-5-6(8(15)10(17)9(7)16)12(22)18(11(5)21)3(13(23)24)1-2-4(19)20/h3H,1-2H2,(H,19,20)(H,23,24)/p-2/t3-/m0/s1. The number of halogens is 4. The highest BCUT2D eigenvalue weighted by atomic mass is 35.5. The molecule has 0 saturated heterocycles. The van der Waals surface area contributed by atoms with Crippen LogP contribution in [0.15, 0.2) is 0 Å².